The summed E-state index contributed by atoms with van der Waals surface area (Å²) in [4.78, 5) is 0. The van der Waals surface area contributed by atoms with Gasteiger partial charge in [0.1, 0.15) is 23.9 Å². The molecule has 0 saturated heterocycles. The number of nitrogens with two attached hydrogens (primary N) is 1. The van der Waals surface area contributed by atoms with Crippen LogP contribution in [-0.2, 0) is 24.5 Å². The van der Waals surface area contributed by atoms with Crippen molar-refractivity contribution >= 4 is 0 Å². The summed E-state index contributed by atoms with van der Waals surface area (Å²) in [6.07, 6.45) is 0. The minimum Gasteiger partial charge on any atom is -0.462 e. The van der Waals surface area contributed by atoms with Crippen molar-refractivity contribution in [2.24, 2.45) is 5.73 Å². The van der Waals surface area contributed by atoms with E-state index >= 15 is 0 Å². The number of hydrogen-bond donors (Lipinski definition) is 1. The van der Waals surface area contributed by atoms with Crippen LogP contribution in [0.5, 0.6) is 0 Å². The molecule has 1 aromatic heterocycles. The normalized spacial score (nSPS) is 10.7. The van der Waals surface area contributed by atoms with Crippen LogP contribution in [0.1, 0.15) is 17.1 Å². The highest BCUT2D eigenvalue weighted by Crippen LogP contribution is 2.11. The van der Waals surface area contributed by atoms with E-state index in [0.717, 1.165) is 5.76 Å². The van der Waals surface area contributed by atoms with E-state index in [1.807, 2.05) is 12.1 Å². The average molecular weight is 235 g/mol. The van der Waals surface area contributed by atoms with Crippen LogP contribution in [0.15, 0.2) is 40.8 Å². The molecule has 2 N–H and O–H groups in total. The van der Waals surface area contributed by atoms with E-state index in [1.54, 1.807) is 18.2 Å². The summed E-state index contributed by atoms with van der Waals surface area (Å²) in [5, 5.41) is 0. The Bertz CT molecular complexity index is 482. The first kappa shape index (κ1) is 11.8. The van der Waals surface area contributed by atoms with Crippen LogP contribution < -0.4 is 5.73 Å². The van der Waals surface area contributed by atoms with E-state index < -0.39 is 0 Å². The molecule has 0 spiro atoms. The number of rotatable bonds is 5. The highest BCUT2D eigenvalue weighted by molar-refractivity contribution is 5.16. The quantitative estimate of drug-likeness (QED) is 0.866. The predicted octanol–water partition coefficient (Wildman–Crippen LogP) is 2.59. The van der Waals surface area contributed by atoms with Crippen LogP contribution in [-0.4, -0.2) is 0 Å². The van der Waals surface area contributed by atoms with E-state index in [4.69, 9.17) is 14.9 Å². The molecule has 0 atom stereocenters. The van der Waals surface area contributed by atoms with Gasteiger partial charge in [0.25, 0.3) is 0 Å². The van der Waals surface area contributed by atoms with Gasteiger partial charge in [-0.25, -0.2) is 4.39 Å². The van der Waals surface area contributed by atoms with Crippen molar-refractivity contribution in [2.45, 2.75) is 19.8 Å². The number of halogens is 1. The van der Waals surface area contributed by atoms with E-state index in [9.17, 15) is 4.39 Å². The van der Waals surface area contributed by atoms with Crippen LogP contribution in [0, 0.1) is 5.82 Å². The Labute approximate surface area is 99.0 Å². The second-order valence-corrected chi connectivity index (χ2v) is 3.66. The number of hydrogen-bond acceptors (Lipinski definition) is 3. The van der Waals surface area contributed by atoms with E-state index in [2.05, 4.69) is 0 Å². The molecule has 1 heterocycles. The van der Waals surface area contributed by atoms with Crippen LogP contribution in [0.4, 0.5) is 4.39 Å². The predicted molar refractivity (Wildman–Crippen MR) is 61.5 cm³/mol. The first-order chi connectivity index (χ1) is 8.29. The third-order valence-electron chi connectivity index (χ3n) is 2.38. The Morgan fingerprint density at radius 1 is 1.06 bits per heavy atom. The van der Waals surface area contributed by atoms with Crippen molar-refractivity contribution in [3.63, 3.8) is 0 Å². The molecule has 3 nitrogen and oxygen atoms in total. The highest BCUT2D eigenvalue weighted by Gasteiger charge is 2.03. The van der Waals surface area contributed by atoms with Gasteiger partial charge in [0.2, 0.25) is 0 Å². The summed E-state index contributed by atoms with van der Waals surface area (Å²) in [6, 6.07) is 10.2. The van der Waals surface area contributed by atoms with Gasteiger partial charge in [-0.05, 0) is 18.2 Å². The van der Waals surface area contributed by atoms with E-state index in [0.29, 0.717) is 24.5 Å². The maximum absolute atomic E-state index is 13.3. The fourth-order valence-electron chi connectivity index (χ4n) is 1.49. The molecule has 2 rings (SSSR count). The summed E-state index contributed by atoms with van der Waals surface area (Å²) < 4.78 is 24.0. The standard InChI is InChI=1S/C13H14FNO2/c14-13-4-2-1-3-10(13)8-16-9-12-6-5-11(7-15)17-12/h1-6H,7-9,15H2. The van der Waals surface area contributed by atoms with Gasteiger partial charge in [0.15, 0.2) is 0 Å². The van der Waals surface area contributed by atoms with Crippen molar-refractivity contribution in [2.75, 3.05) is 0 Å². The zero-order valence-corrected chi connectivity index (χ0v) is 9.36. The summed E-state index contributed by atoms with van der Waals surface area (Å²) in [7, 11) is 0. The molecular weight excluding hydrogens is 221 g/mol. The highest BCUT2D eigenvalue weighted by atomic mass is 19.1. The molecule has 0 radical (unpaired) electrons. The molecule has 0 aliphatic heterocycles. The average Bonchev–Trinajstić information content (AvgIpc) is 2.80. The van der Waals surface area contributed by atoms with Crippen molar-refractivity contribution in [3.8, 4) is 0 Å². The molecule has 4 heteroatoms. The fraction of sp³-hybridized carbons (Fsp3) is 0.231. The molecule has 17 heavy (non-hydrogen) atoms. The lowest BCUT2D eigenvalue weighted by Gasteiger charge is -2.03. The van der Waals surface area contributed by atoms with E-state index in [1.165, 1.54) is 6.07 Å². The SMILES string of the molecule is NCc1ccc(COCc2ccccc2F)o1. The second kappa shape index (κ2) is 5.61. The topological polar surface area (TPSA) is 48.4 Å². The summed E-state index contributed by atoms with van der Waals surface area (Å²) in [5.41, 5.74) is 5.96. The number of ether oxygens (including phenoxy) is 1. The zero-order chi connectivity index (χ0) is 12.1. The Kier molecular flexibility index (Phi) is 3.90. The number of furan rings is 1. The molecule has 0 fully saturated rings. The molecule has 0 amide bonds. The van der Waals surface area contributed by atoms with Crippen LogP contribution in [0.25, 0.3) is 0 Å². The summed E-state index contributed by atoms with van der Waals surface area (Å²) >= 11 is 0. The molecule has 0 aliphatic rings. The van der Waals surface area contributed by atoms with Gasteiger partial charge in [-0.15, -0.1) is 0 Å². The van der Waals surface area contributed by atoms with Gasteiger partial charge in [-0.3, -0.25) is 0 Å². The molecule has 0 saturated carbocycles. The minimum atomic E-state index is -0.255. The Morgan fingerprint density at radius 3 is 2.53 bits per heavy atom. The lowest BCUT2D eigenvalue weighted by molar-refractivity contribution is 0.0901. The second-order valence-electron chi connectivity index (χ2n) is 3.66. The molecular formula is C13H14FNO2. The Morgan fingerprint density at radius 2 is 1.82 bits per heavy atom. The molecule has 0 bridgehead atoms. The monoisotopic (exact) mass is 235 g/mol. The molecule has 2 aromatic rings. The summed E-state index contributed by atoms with van der Waals surface area (Å²) in [5.74, 6) is 1.16. The van der Waals surface area contributed by atoms with Crippen molar-refractivity contribution in [1.82, 2.24) is 0 Å². The Hall–Kier alpha value is -1.65. The largest absolute Gasteiger partial charge is 0.462 e. The lowest BCUT2D eigenvalue weighted by atomic mass is 10.2. The van der Waals surface area contributed by atoms with Gasteiger partial charge in [-0.2, -0.15) is 0 Å². The van der Waals surface area contributed by atoms with Gasteiger partial charge >= 0.3 is 0 Å². The summed E-state index contributed by atoms with van der Waals surface area (Å²) in [6.45, 7) is 0.910. The van der Waals surface area contributed by atoms with Gasteiger partial charge in [-0.1, -0.05) is 18.2 Å². The first-order valence-electron chi connectivity index (χ1n) is 5.38. The van der Waals surface area contributed by atoms with Gasteiger partial charge in [0.05, 0.1) is 13.2 Å². The zero-order valence-electron chi connectivity index (χ0n) is 9.36. The van der Waals surface area contributed by atoms with Crippen LogP contribution in [0.3, 0.4) is 0 Å². The van der Waals surface area contributed by atoms with Gasteiger partial charge in [0, 0.05) is 5.56 Å². The maximum Gasteiger partial charge on any atom is 0.129 e. The maximum atomic E-state index is 13.3. The third kappa shape index (κ3) is 3.15. The molecule has 1 aromatic carbocycles. The van der Waals surface area contributed by atoms with Crippen molar-refractivity contribution in [1.29, 1.82) is 0 Å². The van der Waals surface area contributed by atoms with Crippen LogP contribution in [0.2, 0.25) is 0 Å². The molecule has 0 unspecified atom stereocenters. The van der Waals surface area contributed by atoms with Crippen molar-refractivity contribution < 1.29 is 13.5 Å². The van der Waals surface area contributed by atoms with E-state index in [-0.39, 0.29) is 12.4 Å². The first-order valence-corrected chi connectivity index (χ1v) is 5.38. The molecule has 0 aliphatic carbocycles. The third-order valence-corrected chi connectivity index (χ3v) is 2.38. The lowest BCUT2D eigenvalue weighted by Crippen LogP contribution is -1.96. The van der Waals surface area contributed by atoms with Crippen molar-refractivity contribution in [3.05, 3.63) is 59.3 Å². The Balaban J connectivity index is 1.85. The van der Waals surface area contributed by atoms with Crippen LogP contribution >= 0.6 is 0 Å². The minimum absolute atomic E-state index is 0.228. The van der Waals surface area contributed by atoms with Gasteiger partial charge < -0.3 is 14.9 Å². The fourth-order valence-corrected chi connectivity index (χ4v) is 1.49. The smallest absolute Gasteiger partial charge is 0.129 e. The number of benzene rings is 1. The molecule has 90 valence electrons.